The van der Waals surface area contributed by atoms with Crippen LogP contribution >= 0.6 is 11.3 Å². The van der Waals surface area contributed by atoms with Gasteiger partial charge >= 0.3 is 0 Å². The molecule has 1 aliphatic carbocycles. The zero-order valence-electron chi connectivity index (χ0n) is 14.1. The number of hydrogen-bond acceptors (Lipinski definition) is 6. The zero-order valence-corrected chi connectivity index (χ0v) is 14.9. The topological polar surface area (TPSA) is 84.7 Å². The summed E-state index contributed by atoms with van der Waals surface area (Å²) in [5.41, 5.74) is 0.818. The number of hydrogen-bond donors (Lipinski definition) is 1. The van der Waals surface area contributed by atoms with Crippen LogP contribution < -0.4 is 10.2 Å². The van der Waals surface area contributed by atoms with Crippen LogP contribution in [0.4, 0.5) is 11.4 Å². The fraction of sp³-hybridized carbons (Fsp3) is 0.389. The van der Waals surface area contributed by atoms with Crippen LogP contribution in [0.1, 0.15) is 34.2 Å². The predicted molar refractivity (Wildman–Crippen MR) is 98.8 cm³/mol. The summed E-state index contributed by atoms with van der Waals surface area (Å²) in [5, 5.41) is 16.5. The van der Waals surface area contributed by atoms with Crippen molar-refractivity contribution in [3.05, 3.63) is 56.3 Å². The van der Waals surface area contributed by atoms with Gasteiger partial charge in [0.05, 0.1) is 11.5 Å². The number of nitro benzene ring substituents is 1. The van der Waals surface area contributed by atoms with Crippen LogP contribution in [0.3, 0.4) is 0 Å². The van der Waals surface area contributed by atoms with Gasteiger partial charge in [0.2, 0.25) is 0 Å². The Labute approximate surface area is 154 Å². The van der Waals surface area contributed by atoms with Gasteiger partial charge < -0.3 is 15.0 Å². The van der Waals surface area contributed by atoms with E-state index in [1.807, 2.05) is 22.4 Å². The molecule has 0 radical (unpaired) electrons. The Morgan fingerprint density at radius 3 is 2.88 bits per heavy atom. The Balaban J connectivity index is 1.58. The van der Waals surface area contributed by atoms with Crippen molar-refractivity contribution in [1.29, 1.82) is 0 Å². The molecule has 1 saturated carbocycles. The highest BCUT2D eigenvalue weighted by molar-refractivity contribution is 7.10. The SMILES string of the molecule is O=C(NC1CC1)c1ccc(N2CCOC(c3cccs3)C2)c([N+](=O)[O-])c1. The van der Waals surface area contributed by atoms with Crippen molar-refractivity contribution >= 4 is 28.6 Å². The van der Waals surface area contributed by atoms with Crippen LogP contribution in [-0.4, -0.2) is 36.6 Å². The highest BCUT2D eigenvalue weighted by Gasteiger charge is 2.29. The van der Waals surface area contributed by atoms with Gasteiger partial charge in [-0.1, -0.05) is 6.07 Å². The molecule has 0 bridgehead atoms. The van der Waals surface area contributed by atoms with E-state index in [1.54, 1.807) is 23.5 Å². The van der Waals surface area contributed by atoms with Crippen molar-refractivity contribution in [2.75, 3.05) is 24.6 Å². The highest BCUT2D eigenvalue weighted by atomic mass is 32.1. The van der Waals surface area contributed by atoms with E-state index in [0.717, 1.165) is 17.7 Å². The molecule has 4 rings (SSSR count). The van der Waals surface area contributed by atoms with E-state index in [-0.39, 0.29) is 23.7 Å². The number of thiophene rings is 1. The summed E-state index contributed by atoms with van der Waals surface area (Å²) in [6.45, 7) is 1.63. The molecule has 8 heteroatoms. The summed E-state index contributed by atoms with van der Waals surface area (Å²) in [7, 11) is 0. The van der Waals surface area contributed by atoms with Gasteiger partial charge in [0.15, 0.2) is 0 Å². The van der Waals surface area contributed by atoms with Gasteiger partial charge in [0.25, 0.3) is 11.6 Å². The average molecular weight is 373 g/mol. The van der Waals surface area contributed by atoms with Gasteiger partial charge in [-0.2, -0.15) is 0 Å². The number of ether oxygens (including phenoxy) is 1. The second-order valence-electron chi connectivity index (χ2n) is 6.53. The second-order valence-corrected chi connectivity index (χ2v) is 7.51. The van der Waals surface area contributed by atoms with Crippen molar-refractivity contribution in [2.45, 2.75) is 25.0 Å². The first-order valence-corrected chi connectivity index (χ1v) is 9.49. The predicted octanol–water partition coefficient (Wildman–Crippen LogP) is 3.13. The fourth-order valence-corrected chi connectivity index (χ4v) is 3.86. The number of carbonyl (C=O) groups excluding carboxylic acids is 1. The Kier molecular flexibility index (Phi) is 4.60. The average Bonchev–Trinajstić information content (AvgIpc) is 3.30. The minimum Gasteiger partial charge on any atom is -0.369 e. The number of morpholine rings is 1. The molecular formula is C18H19N3O4S. The van der Waals surface area contributed by atoms with Crippen molar-refractivity contribution in [3.63, 3.8) is 0 Å². The van der Waals surface area contributed by atoms with E-state index in [9.17, 15) is 14.9 Å². The number of nitrogens with zero attached hydrogens (tertiary/aromatic N) is 2. The van der Waals surface area contributed by atoms with Gasteiger partial charge in [-0.05, 0) is 36.4 Å². The molecule has 1 amide bonds. The number of nitro groups is 1. The summed E-state index contributed by atoms with van der Waals surface area (Å²) >= 11 is 1.62. The lowest BCUT2D eigenvalue weighted by Crippen LogP contribution is -2.38. The van der Waals surface area contributed by atoms with Gasteiger partial charge in [0.1, 0.15) is 11.8 Å². The minimum absolute atomic E-state index is 0.0414. The largest absolute Gasteiger partial charge is 0.369 e. The zero-order chi connectivity index (χ0) is 18.1. The molecule has 1 unspecified atom stereocenters. The molecule has 1 aromatic carbocycles. The molecular weight excluding hydrogens is 354 g/mol. The van der Waals surface area contributed by atoms with E-state index >= 15 is 0 Å². The maximum Gasteiger partial charge on any atom is 0.293 e. The van der Waals surface area contributed by atoms with Gasteiger partial charge in [-0.25, -0.2) is 0 Å². The molecule has 26 heavy (non-hydrogen) atoms. The lowest BCUT2D eigenvalue weighted by molar-refractivity contribution is -0.384. The van der Waals surface area contributed by atoms with Crippen molar-refractivity contribution in [1.82, 2.24) is 5.32 Å². The first kappa shape index (κ1) is 17.0. The molecule has 7 nitrogen and oxygen atoms in total. The molecule has 1 saturated heterocycles. The van der Waals surface area contributed by atoms with Crippen molar-refractivity contribution in [3.8, 4) is 0 Å². The molecule has 0 spiro atoms. The summed E-state index contributed by atoms with van der Waals surface area (Å²) in [6, 6.07) is 8.91. The quantitative estimate of drug-likeness (QED) is 0.643. The van der Waals surface area contributed by atoms with E-state index in [0.29, 0.717) is 30.9 Å². The van der Waals surface area contributed by atoms with Crippen LogP contribution in [0.15, 0.2) is 35.7 Å². The Bertz CT molecular complexity index is 820. The molecule has 1 aromatic heterocycles. The van der Waals surface area contributed by atoms with Gasteiger partial charge in [-0.3, -0.25) is 14.9 Å². The fourth-order valence-electron chi connectivity index (χ4n) is 3.09. The number of anilines is 1. The van der Waals surface area contributed by atoms with Crippen LogP contribution in [-0.2, 0) is 4.74 Å². The summed E-state index contributed by atoms with van der Waals surface area (Å²) in [6.07, 6.45) is 1.86. The lowest BCUT2D eigenvalue weighted by Gasteiger charge is -2.33. The number of benzene rings is 1. The normalized spacial score (nSPS) is 20.0. The third-order valence-electron chi connectivity index (χ3n) is 4.61. The van der Waals surface area contributed by atoms with Crippen LogP contribution in [0.2, 0.25) is 0 Å². The van der Waals surface area contributed by atoms with Gasteiger partial charge in [-0.15, -0.1) is 11.3 Å². The molecule has 2 heterocycles. The number of nitrogens with one attached hydrogen (secondary N) is 1. The molecule has 2 aromatic rings. The molecule has 2 fully saturated rings. The van der Waals surface area contributed by atoms with E-state index in [2.05, 4.69) is 5.32 Å². The third kappa shape index (κ3) is 3.56. The number of carbonyl (C=O) groups is 1. The van der Waals surface area contributed by atoms with Crippen LogP contribution in [0.5, 0.6) is 0 Å². The van der Waals surface area contributed by atoms with Crippen LogP contribution in [0.25, 0.3) is 0 Å². The Morgan fingerprint density at radius 2 is 2.19 bits per heavy atom. The standard InChI is InChI=1S/C18H19N3O4S/c22-18(19-13-4-5-13)12-3-6-14(15(10-12)21(23)24)20-7-8-25-16(11-20)17-2-1-9-26-17/h1-3,6,9-10,13,16H,4-5,7-8,11H2,(H,19,22). The van der Waals surface area contributed by atoms with Gasteiger partial charge in [0, 0.05) is 35.6 Å². The van der Waals surface area contributed by atoms with Crippen molar-refractivity contribution < 1.29 is 14.5 Å². The lowest BCUT2D eigenvalue weighted by atomic mass is 10.1. The minimum atomic E-state index is -0.418. The first-order valence-electron chi connectivity index (χ1n) is 8.61. The van der Waals surface area contributed by atoms with E-state index < -0.39 is 4.92 Å². The van der Waals surface area contributed by atoms with E-state index in [4.69, 9.17) is 4.74 Å². The molecule has 1 aliphatic heterocycles. The summed E-state index contributed by atoms with van der Waals surface area (Å²) in [4.78, 5) is 26.5. The first-order chi connectivity index (χ1) is 12.6. The van der Waals surface area contributed by atoms with Crippen LogP contribution in [0, 0.1) is 10.1 Å². The number of rotatable bonds is 5. The molecule has 2 aliphatic rings. The maximum absolute atomic E-state index is 12.2. The van der Waals surface area contributed by atoms with Crippen molar-refractivity contribution in [2.24, 2.45) is 0 Å². The molecule has 136 valence electrons. The Morgan fingerprint density at radius 1 is 1.35 bits per heavy atom. The van der Waals surface area contributed by atoms with E-state index in [1.165, 1.54) is 6.07 Å². The summed E-state index contributed by atoms with van der Waals surface area (Å²) < 4.78 is 5.82. The monoisotopic (exact) mass is 373 g/mol. The molecule has 1 N–H and O–H groups in total. The number of amides is 1. The third-order valence-corrected chi connectivity index (χ3v) is 5.58. The second kappa shape index (κ2) is 7.05. The smallest absolute Gasteiger partial charge is 0.293 e. The highest BCUT2D eigenvalue weighted by Crippen LogP contribution is 2.34. The summed E-state index contributed by atoms with van der Waals surface area (Å²) in [5.74, 6) is -0.249. The molecule has 1 atom stereocenters. The Hall–Kier alpha value is -2.45. The maximum atomic E-state index is 12.2.